The van der Waals surface area contributed by atoms with Gasteiger partial charge >= 0.3 is 12.1 Å². The Hall–Kier alpha value is -2.59. The van der Waals surface area contributed by atoms with Crippen LogP contribution in [-0.4, -0.2) is 35.1 Å². The maximum absolute atomic E-state index is 11.9. The molecule has 168 valence electrons. The van der Waals surface area contributed by atoms with Gasteiger partial charge in [-0.3, -0.25) is 0 Å². The molecule has 5 N–H and O–H groups in total. The number of hydrogen-bond donors (Lipinski definition) is 3. The monoisotopic (exact) mass is 473 g/mol. The lowest BCUT2D eigenvalue weighted by Crippen LogP contribution is -2.28. The molecular formula is C22H24ClN5O3S. The van der Waals surface area contributed by atoms with Gasteiger partial charge in [0.15, 0.2) is 0 Å². The van der Waals surface area contributed by atoms with Crippen LogP contribution in [-0.2, 0) is 4.74 Å². The van der Waals surface area contributed by atoms with E-state index in [0.29, 0.717) is 22.5 Å². The molecule has 10 heteroatoms. The van der Waals surface area contributed by atoms with Crippen LogP contribution >= 0.6 is 22.9 Å². The number of halogens is 1. The van der Waals surface area contributed by atoms with Crippen LogP contribution in [0.5, 0.6) is 0 Å². The molecule has 1 fully saturated rings. The highest BCUT2D eigenvalue weighted by molar-refractivity contribution is 7.22. The van der Waals surface area contributed by atoms with Crippen molar-refractivity contribution < 1.29 is 14.3 Å². The summed E-state index contributed by atoms with van der Waals surface area (Å²) in [4.78, 5) is 32.7. The fraction of sp³-hybridized carbons (Fsp3) is 0.364. The van der Waals surface area contributed by atoms with Gasteiger partial charge < -0.3 is 21.5 Å². The van der Waals surface area contributed by atoms with Gasteiger partial charge in [-0.05, 0) is 68.3 Å². The predicted molar refractivity (Wildman–Crippen MR) is 125 cm³/mol. The molecule has 0 saturated carbocycles. The highest BCUT2D eigenvalue weighted by Crippen LogP contribution is 2.37. The normalized spacial score (nSPS) is 15.6. The molecular weight excluding hydrogens is 450 g/mol. The third-order valence-corrected chi connectivity index (χ3v) is 7.00. The molecule has 1 aliphatic heterocycles. The average molecular weight is 474 g/mol. The Morgan fingerprint density at radius 3 is 2.81 bits per heavy atom. The molecule has 4 rings (SSSR count). The van der Waals surface area contributed by atoms with Gasteiger partial charge in [0.25, 0.3) is 0 Å². The number of nitrogens with zero attached hydrogens (tertiary/aromatic N) is 2. The second-order valence-corrected chi connectivity index (χ2v) is 9.36. The topological polar surface area (TPSA) is 133 Å². The number of benzene rings is 1. The van der Waals surface area contributed by atoms with E-state index in [4.69, 9.17) is 23.1 Å². The Labute approximate surface area is 194 Å². The number of rotatable bonds is 6. The molecule has 1 saturated heterocycles. The first-order valence-electron chi connectivity index (χ1n) is 10.4. The van der Waals surface area contributed by atoms with Gasteiger partial charge in [0.1, 0.15) is 11.5 Å². The fourth-order valence-electron chi connectivity index (χ4n) is 3.87. The number of primary amides is 1. The van der Waals surface area contributed by atoms with E-state index in [-0.39, 0.29) is 11.6 Å². The smallest absolute Gasteiger partial charge is 0.373 e. The van der Waals surface area contributed by atoms with Crippen LogP contribution in [0.4, 0.5) is 4.79 Å². The summed E-state index contributed by atoms with van der Waals surface area (Å²) in [6, 6.07) is 6.68. The first kappa shape index (κ1) is 22.6. The Bertz CT molecular complexity index is 1150. The second kappa shape index (κ2) is 9.91. The molecule has 3 heterocycles. The highest BCUT2D eigenvalue weighted by Gasteiger charge is 2.19. The van der Waals surface area contributed by atoms with Gasteiger partial charge in [-0.1, -0.05) is 17.7 Å². The fourth-order valence-corrected chi connectivity index (χ4v) is 5.23. The molecule has 2 aromatic heterocycles. The lowest BCUT2D eigenvalue weighted by Gasteiger charge is -2.23. The van der Waals surface area contributed by atoms with Crippen LogP contribution < -0.4 is 16.8 Å². The summed E-state index contributed by atoms with van der Waals surface area (Å²) in [7, 11) is 0. The molecule has 1 atom stereocenters. The van der Waals surface area contributed by atoms with E-state index in [1.807, 2.05) is 6.07 Å². The van der Waals surface area contributed by atoms with Gasteiger partial charge in [0.05, 0.1) is 21.5 Å². The van der Waals surface area contributed by atoms with Crippen molar-refractivity contribution in [3.05, 3.63) is 46.9 Å². The molecule has 32 heavy (non-hydrogen) atoms. The summed E-state index contributed by atoms with van der Waals surface area (Å²) in [5.74, 6) is 0.463. The first-order valence-corrected chi connectivity index (χ1v) is 11.6. The first-order chi connectivity index (χ1) is 15.4. The van der Waals surface area contributed by atoms with Gasteiger partial charge in [-0.2, -0.15) is 0 Å². The van der Waals surface area contributed by atoms with E-state index in [2.05, 4.69) is 20.0 Å². The van der Waals surface area contributed by atoms with Crippen LogP contribution in [0.2, 0.25) is 5.02 Å². The third-order valence-electron chi connectivity index (χ3n) is 5.62. The number of thiophene rings is 1. The summed E-state index contributed by atoms with van der Waals surface area (Å²) in [5, 5.41) is 4.72. The minimum Gasteiger partial charge on any atom is -0.373 e. The molecule has 1 aliphatic rings. The Morgan fingerprint density at radius 2 is 2.06 bits per heavy atom. The molecule has 0 aliphatic carbocycles. The molecule has 1 unspecified atom stereocenters. The number of esters is 1. The molecule has 1 amide bonds. The molecule has 3 aromatic rings. The summed E-state index contributed by atoms with van der Waals surface area (Å²) in [6.07, 6.45) is 4.68. The van der Waals surface area contributed by atoms with E-state index in [1.54, 1.807) is 24.4 Å². The van der Waals surface area contributed by atoms with Crippen LogP contribution in [0.15, 0.2) is 30.5 Å². The van der Waals surface area contributed by atoms with Crippen molar-refractivity contribution in [3.63, 3.8) is 0 Å². The van der Waals surface area contributed by atoms with Gasteiger partial charge in [-0.25, -0.2) is 19.6 Å². The van der Waals surface area contributed by atoms with Crippen LogP contribution in [0.1, 0.15) is 47.9 Å². The molecule has 0 radical (unpaired) electrons. The second-order valence-electron chi connectivity index (χ2n) is 7.87. The van der Waals surface area contributed by atoms with Crippen molar-refractivity contribution >= 4 is 45.1 Å². The van der Waals surface area contributed by atoms with E-state index in [1.165, 1.54) is 24.2 Å². The van der Waals surface area contributed by atoms with Gasteiger partial charge in [0.2, 0.25) is 0 Å². The third kappa shape index (κ3) is 5.24. The number of nitrogens with one attached hydrogen (secondary N) is 1. The largest absolute Gasteiger partial charge is 0.412 e. The minimum atomic E-state index is -1.14. The van der Waals surface area contributed by atoms with Crippen LogP contribution in [0, 0.1) is 5.92 Å². The van der Waals surface area contributed by atoms with E-state index >= 15 is 0 Å². The van der Waals surface area contributed by atoms with Crippen molar-refractivity contribution in [2.45, 2.75) is 31.7 Å². The predicted octanol–water partition coefficient (Wildman–Crippen LogP) is 4.03. The number of hydrogen-bond acceptors (Lipinski definition) is 8. The summed E-state index contributed by atoms with van der Waals surface area (Å²) in [6.45, 7) is 2.13. The zero-order valence-corrected chi connectivity index (χ0v) is 18.9. The van der Waals surface area contributed by atoms with E-state index < -0.39 is 12.1 Å². The minimum absolute atomic E-state index is 0.235. The van der Waals surface area contributed by atoms with E-state index in [0.717, 1.165) is 40.9 Å². The summed E-state index contributed by atoms with van der Waals surface area (Å²) >= 11 is 7.83. The maximum Gasteiger partial charge on any atom is 0.412 e. The number of fused-ring (bicyclic) bond motifs is 1. The Morgan fingerprint density at radius 1 is 1.28 bits per heavy atom. The molecule has 0 spiro atoms. The number of aromatic nitrogens is 2. The Kier molecular flexibility index (Phi) is 7.00. The number of carbonyl (C=O) groups is 2. The number of piperidine rings is 1. The summed E-state index contributed by atoms with van der Waals surface area (Å²) < 4.78 is 5.27. The number of amides is 1. The lowest BCUT2D eigenvalue weighted by atomic mass is 9.91. The Balaban J connectivity index is 1.54. The summed E-state index contributed by atoms with van der Waals surface area (Å²) in [5.41, 5.74) is 12.2. The molecule has 1 aromatic carbocycles. The number of nitrogens with two attached hydrogens (primary N) is 2. The van der Waals surface area contributed by atoms with Crippen molar-refractivity contribution in [3.8, 4) is 10.6 Å². The number of ether oxygens (including phenoxy) is 1. The van der Waals surface area contributed by atoms with E-state index in [9.17, 15) is 9.59 Å². The lowest BCUT2D eigenvalue weighted by molar-refractivity contribution is 0.0638. The zero-order chi connectivity index (χ0) is 22.7. The standard InChI is InChI=1S/C22H24ClN5O3S/c23-15-11-27-20(16(24)4-1-12-5-7-26-8-6-12)28-19(15)18-9-13-2-3-14(10-17(13)32-18)21(29)31-22(25)30/h2-3,9-12,16,26H,1,4-8,24H2,(H2,25,30). The van der Waals surface area contributed by atoms with Crippen molar-refractivity contribution in [2.75, 3.05) is 13.1 Å². The highest BCUT2D eigenvalue weighted by atomic mass is 35.5. The van der Waals surface area contributed by atoms with Gasteiger partial charge in [-0.15, -0.1) is 11.3 Å². The molecule has 8 nitrogen and oxygen atoms in total. The average Bonchev–Trinajstić information content (AvgIpc) is 3.21. The SMILES string of the molecule is NC(=O)OC(=O)c1ccc2cc(-c3nc(C(N)CCC4CCNCC4)ncc3Cl)sc2c1. The van der Waals surface area contributed by atoms with Crippen molar-refractivity contribution in [1.82, 2.24) is 15.3 Å². The maximum atomic E-state index is 11.9. The number of carbonyl (C=O) groups excluding carboxylic acids is 2. The van der Waals surface area contributed by atoms with Crippen LogP contribution in [0.25, 0.3) is 20.7 Å². The van der Waals surface area contributed by atoms with Gasteiger partial charge in [0, 0.05) is 10.9 Å². The molecule has 0 bridgehead atoms. The van der Waals surface area contributed by atoms with Crippen molar-refractivity contribution in [2.24, 2.45) is 17.4 Å². The van der Waals surface area contributed by atoms with Crippen molar-refractivity contribution in [1.29, 1.82) is 0 Å². The zero-order valence-electron chi connectivity index (χ0n) is 17.3. The van der Waals surface area contributed by atoms with Crippen LogP contribution in [0.3, 0.4) is 0 Å². The quantitative estimate of drug-likeness (QED) is 0.363.